The molecule has 1 atom stereocenters. The van der Waals surface area contributed by atoms with Crippen molar-refractivity contribution in [3.63, 3.8) is 0 Å². The number of carbonyl (C=O) groups is 1. The molecule has 1 heterocycles. The number of aromatic hydroxyl groups is 1. The molecule has 1 aromatic heterocycles. The number of sulfonamides is 1. The molecule has 1 amide bonds. The second-order valence-corrected chi connectivity index (χ2v) is 9.42. The number of amides is 1. The van der Waals surface area contributed by atoms with Crippen LogP contribution < -0.4 is 10.0 Å². The lowest BCUT2D eigenvalue weighted by Gasteiger charge is -2.13. The lowest BCUT2D eigenvalue weighted by atomic mass is 10.1. The molecule has 0 spiro atoms. The molecule has 166 valence electrons. The molecule has 0 aliphatic carbocycles. The number of nitrogens with one attached hydrogen (secondary N) is 3. The fraction of sp³-hybridized carbons (Fsp3) is 0.143. The normalized spacial score (nSPS) is 12.0. The zero-order valence-electron chi connectivity index (χ0n) is 16.8. The van der Waals surface area contributed by atoms with E-state index in [1.165, 1.54) is 66.8 Å². The summed E-state index contributed by atoms with van der Waals surface area (Å²) in [6.07, 6.45) is 4.15. The van der Waals surface area contributed by atoms with Crippen molar-refractivity contribution in [1.29, 1.82) is 5.41 Å². The van der Waals surface area contributed by atoms with Gasteiger partial charge in [-0.15, -0.1) is 11.8 Å². The van der Waals surface area contributed by atoms with Crippen LogP contribution in [0.15, 0.2) is 76.8 Å². The van der Waals surface area contributed by atoms with Crippen LogP contribution in [0.5, 0.6) is 5.75 Å². The number of thioether (sulfide) groups is 1. The second-order valence-electron chi connectivity index (χ2n) is 6.64. The average Bonchev–Trinajstić information content (AvgIpc) is 2.80. The highest BCUT2D eigenvalue weighted by atomic mass is 32.2. The monoisotopic (exact) mass is 471 g/mol. The Morgan fingerprint density at radius 1 is 1.09 bits per heavy atom. The summed E-state index contributed by atoms with van der Waals surface area (Å²) in [4.78, 5) is 20.8. The molecule has 0 radical (unpaired) electrons. The van der Waals surface area contributed by atoms with Gasteiger partial charge >= 0.3 is 0 Å². The number of hydrogen-bond acceptors (Lipinski definition) is 8. The van der Waals surface area contributed by atoms with E-state index in [-0.39, 0.29) is 35.0 Å². The second kappa shape index (κ2) is 10.7. The molecule has 4 N–H and O–H groups in total. The van der Waals surface area contributed by atoms with Gasteiger partial charge in [0.25, 0.3) is 15.9 Å². The summed E-state index contributed by atoms with van der Waals surface area (Å²) in [5.74, 6) is 0.113. The predicted octanol–water partition coefficient (Wildman–Crippen LogP) is 2.77. The number of phenolic OH excluding ortho intramolecular Hbond substituents is 1. The van der Waals surface area contributed by atoms with Crippen molar-refractivity contribution in [2.75, 3.05) is 17.0 Å². The van der Waals surface area contributed by atoms with Gasteiger partial charge in [-0.05, 0) is 54.6 Å². The molecular formula is C21H21N5O4S2. The van der Waals surface area contributed by atoms with Crippen molar-refractivity contribution in [2.24, 2.45) is 5.92 Å². The summed E-state index contributed by atoms with van der Waals surface area (Å²) >= 11 is 1.45. The molecule has 0 saturated heterocycles. The largest absolute Gasteiger partial charge is 0.508 e. The quantitative estimate of drug-likeness (QED) is 0.263. The fourth-order valence-electron chi connectivity index (χ4n) is 2.55. The summed E-state index contributed by atoms with van der Waals surface area (Å²) in [6, 6.07) is 13.8. The Morgan fingerprint density at radius 2 is 1.75 bits per heavy atom. The number of aromatic nitrogens is 2. The number of nitrogens with zero attached hydrogens (tertiary/aromatic N) is 2. The summed E-state index contributed by atoms with van der Waals surface area (Å²) in [6.45, 7) is 0.281. The van der Waals surface area contributed by atoms with Crippen molar-refractivity contribution < 1.29 is 18.3 Å². The van der Waals surface area contributed by atoms with Crippen LogP contribution in [0.3, 0.4) is 0 Å². The maximum Gasteiger partial charge on any atom is 0.264 e. The topological polar surface area (TPSA) is 145 Å². The number of rotatable bonds is 10. The van der Waals surface area contributed by atoms with Crippen LogP contribution in [-0.2, 0) is 10.0 Å². The Hall–Kier alpha value is -3.44. The Kier molecular flexibility index (Phi) is 7.79. The fourth-order valence-corrected chi connectivity index (χ4v) is 4.46. The molecule has 2 aromatic carbocycles. The van der Waals surface area contributed by atoms with Crippen LogP contribution in [0.4, 0.5) is 5.95 Å². The molecule has 0 aliphatic rings. The standard InChI is InChI=1S/C21H21N5O4S2/c22-12-15(13-25-20(28)16-2-4-17(27)5-3-16)14-31-18-6-8-19(9-7-18)32(29,30)26-21-23-10-1-11-24-21/h1-12,15,22,27H,13-14H2,(H,25,28)(H,23,24,26). The molecule has 0 aliphatic heterocycles. The molecule has 0 saturated carbocycles. The SMILES string of the molecule is N=CC(CNC(=O)c1ccc(O)cc1)CSc1ccc(S(=O)(=O)Nc2ncccn2)cc1. The van der Waals surface area contributed by atoms with Gasteiger partial charge in [-0.1, -0.05) is 0 Å². The van der Waals surface area contributed by atoms with E-state index in [9.17, 15) is 18.3 Å². The maximum atomic E-state index is 12.4. The van der Waals surface area contributed by atoms with Gasteiger partial charge in [0.15, 0.2) is 0 Å². The van der Waals surface area contributed by atoms with E-state index >= 15 is 0 Å². The van der Waals surface area contributed by atoms with E-state index in [2.05, 4.69) is 20.0 Å². The van der Waals surface area contributed by atoms with Crippen molar-refractivity contribution in [2.45, 2.75) is 9.79 Å². The van der Waals surface area contributed by atoms with Gasteiger partial charge in [0.1, 0.15) is 5.75 Å². The number of carbonyl (C=O) groups excluding carboxylic acids is 1. The molecule has 11 heteroatoms. The van der Waals surface area contributed by atoms with Gasteiger partial charge in [-0.3, -0.25) is 4.79 Å². The van der Waals surface area contributed by atoms with Crippen LogP contribution in [0, 0.1) is 11.3 Å². The minimum absolute atomic E-state index is 0.00544. The maximum absolute atomic E-state index is 12.4. The van der Waals surface area contributed by atoms with Crippen LogP contribution in [-0.4, -0.2) is 47.9 Å². The first-order valence-electron chi connectivity index (χ1n) is 9.48. The number of benzene rings is 2. The van der Waals surface area contributed by atoms with E-state index < -0.39 is 10.0 Å². The van der Waals surface area contributed by atoms with Crippen molar-refractivity contribution in [1.82, 2.24) is 15.3 Å². The Morgan fingerprint density at radius 3 is 2.38 bits per heavy atom. The molecule has 1 unspecified atom stereocenters. The minimum atomic E-state index is -3.80. The van der Waals surface area contributed by atoms with E-state index in [1.54, 1.807) is 18.2 Å². The first kappa shape index (κ1) is 23.2. The molecule has 9 nitrogen and oxygen atoms in total. The Labute approximate surface area is 189 Å². The minimum Gasteiger partial charge on any atom is -0.508 e. The molecule has 32 heavy (non-hydrogen) atoms. The molecule has 3 rings (SSSR count). The highest BCUT2D eigenvalue weighted by molar-refractivity contribution is 7.99. The van der Waals surface area contributed by atoms with Crippen molar-refractivity contribution in [3.8, 4) is 5.75 Å². The summed E-state index contributed by atoms with van der Waals surface area (Å²) < 4.78 is 27.2. The van der Waals surface area contributed by atoms with E-state index in [4.69, 9.17) is 5.41 Å². The Bertz CT molecular complexity index is 1160. The van der Waals surface area contributed by atoms with Gasteiger partial charge in [0.05, 0.1) is 4.90 Å². The lowest BCUT2D eigenvalue weighted by molar-refractivity contribution is 0.0951. The van der Waals surface area contributed by atoms with Crippen LogP contribution in [0.2, 0.25) is 0 Å². The highest BCUT2D eigenvalue weighted by Crippen LogP contribution is 2.23. The van der Waals surface area contributed by atoms with Crippen LogP contribution in [0.25, 0.3) is 0 Å². The van der Waals surface area contributed by atoms with Gasteiger partial charge in [-0.2, -0.15) is 0 Å². The first-order chi connectivity index (χ1) is 15.4. The average molecular weight is 472 g/mol. The third-order valence-electron chi connectivity index (χ3n) is 4.28. The van der Waals surface area contributed by atoms with Crippen molar-refractivity contribution in [3.05, 3.63) is 72.6 Å². The summed E-state index contributed by atoms with van der Waals surface area (Å²) in [7, 11) is -3.80. The number of phenols is 1. The van der Waals surface area contributed by atoms with Gasteiger partial charge in [0, 0.05) is 47.3 Å². The van der Waals surface area contributed by atoms with Gasteiger partial charge in [0.2, 0.25) is 5.95 Å². The molecule has 3 aromatic rings. The zero-order valence-corrected chi connectivity index (χ0v) is 18.4. The third-order valence-corrected chi connectivity index (χ3v) is 6.82. The number of hydrogen-bond donors (Lipinski definition) is 4. The molecule has 0 bridgehead atoms. The zero-order chi connectivity index (χ0) is 23.0. The van der Waals surface area contributed by atoms with Gasteiger partial charge in [-0.25, -0.2) is 23.1 Å². The van der Waals surface area contributed by atoms with E-state index in [1.807, 2.05) is 0 Å². The van der Waals surface area contributed by atoms with Gasteiger partial charge < -0.3 is 15.8 Å². The first-order valence-corrected chi connectivity index (χ1v) is 11.9. The number of anilines is 1. The highest BCUT2D eigenvalue weighted by Gasteiger charge is 2.16. The molecule has 0 fully saturated rings. The van der Waals surface area contributed by atoms with E-state index in [0.29, 0.717) is 11.3 Å². The van der Waals surface area contributed by atoms with E-state index in [0.717, 1.165) is 4.90 Å². The smallest absolute Gasteiger partial charge is 0.264 e. The summed E-state index contributed by atoms with van der Waals surface area (Å²) in [5, 5.41) is 19.7. The van der Waals surface area contributed by atoms with Crippen molar-refractivity contribution >= 4 is 39.9 Å². The lowest BCUT2D eigenvalue weighted by Crippen LogP contribution is -2.30. The molecular weight excluding hydrogens is 450 g/mol. The Balaban J connectivity index is 1.52. The van der Waals surface area contributed by atoms with Crippen LogP contribution >= 0.6 is 11.8 Å². The third kappa shape index (κ3) is 6.53. The van der Waals surface area contributed by atoms with Crippen LogP contribution in [0.1, 0.15) is 10.4 Å². The predicted molar refractivity (Wildman–Crippen MR) is 123 cm³/mol. The summed E-state index contributed by atoms with van der Waals surface area (Å²) in [5.41, 5.74) is 0.422.